The van der Waals surface area contributed by atoms with Crippen LogP contribution >= 0.6 is 11.6 Å². The molecule has 1 amide bonds. The van der Waals surface area contributed by atoms with Crippen LogP contribution in [0.5, 0.6) is 0 Å². The van der Waals surface area contributed by atoms with E-state index in [0.29, 0.717) is 29.7 Å². The number of non-ortho nitro benzene ring substituents is 1. The van der Waals surface area contributed by atoms with Gasteiger partial charge >= 0.3 is 0 Å². The number of nitro benzene ring substituents is 1. The van der Waals surface area contributed by atoms with E-state index in [1.807, 2.05) is 23.1 Å². The van der Waals surface area contributed by atoms with Crippen molar-refractivity contribution in [1.29, 1.82) is 0 Å². The van der Waals surface area contributed by atoms with Crippen molar-refractivity contribution in [3.63, 3.8) is 0 Å². The zero-order valence-corrected chi connectivity index (χ0v) is 17.5. The molecule has 0 saturated carbocycles. The van der Waals surface area contributed by atoms with E-state index >= 15 is 0 Å². The molecule has 0 aliphatic carbocycles. The highest BCUT2D eigenvalue weighted by Gasteiger charge is 2.32. The first kappa shape index (κ1) is 19.7. The van der Waals surface area contributed by atoms with E-state index in [0.717, 1.165) is 31.6 Å². The molecule has 5 rings (SSSR count). The molecule has 0 spiro atoms. The van der Waals surface area contributed by atoms with Crippen molar-refractivity contribution in [3.05, 3.63) is 63.4 Å². The Bertz CT molecular complexity index is 1200. The second-order valence-corrected chi connectivity index (χ2v) is 8.32. The van der Waals surface area contributed by atoms with Crippen LogP contribution in [-0.2, 0) is 4.79 Å². The highest BCUT2D eigenvalue weighted by atomic mass is 35.5. The fourth-order valence-electron chi connectivity index (χ4n) is 4.61. The summed E-state index contributed by atoms with van der Waals surface area (Å²) in [5, 5.41) is 12.2. The third-order valence-corrected chi connectivity index (χ3v) is 6.40. The molecule has 1 saturated heterocycles. The van der Waals surface area contributed by atoms with Gasteiger partial charge in [0.05, 0.1) is 20.8 Å². The molecular weight excluding hydrogens is 418 g/mol. The Morgan fingerprint density at radius 1 is 1.23 bits per heavy atom. The van der Waals surface area contributed by atoms with Gasteiger partial charge in [0.15, 0.2) is 0 Å². The Morgan fingerprint density at radius 2 is 2.06 bits per heavy atom. The molecule has 1 fully saturated rings. The molecule has 9 heteroatoms. The smallest absolute Gasteiger partial charge is 0.271 e. The molecular formula is C22H20ClN5O3. The van der Waals surface area contributed by atoms with Gasteiger partial charge in [-0.25, -0.2) is 9.97 Å². The molecule has 31 heavy (non-hydrogen) atoms. The fraction of sp³-hybridized carbons (Fsp3) is 0.318. The van der Waals surface area contributed by atoms with E-state index in [2.05, 4.69) is 20.9 Å². The number of fused-ring (bicyclic) bond motifs is 2. The number of amides is 1. The predicted octanol–water partition coefficient (Wildman–Crippen LogP) is 4.44. The van der Waals surface area contributed by atoms with Gasteiger partial charge in [-0.05, 0) is 24.5 Å². The molecule has 1 aromatic heterocycles. The number of anilines is 2. The van der Waals surface area contributed by atoms with E-state index in [-0.39, 0.29) is 22.5 Å². The summed E-state index contributed by atoms with van der Waals surface area (Å²) in [5.41, 5.74) is 2.60. The Hall–Kier alpha value is -3.26. The van der Waals surface area contributed by atoms with Crippen molar-refractivity contribution in [2.75, 3.05) is 24.5 Å². The first-order chi connectivity index (χ1) is 15.0. The lowest BCUT2D eigenvalue weighted by molar-refractivity contribution is -0.384. The molecule has 1 unspecified atom stereocenters. The lowest BCUT2D eigenvalue weighted by Gasteiger charge is -2.21. The third-order valence-electron chi connectivity index (χ3n) is 6.11. The van der Waals surface area contributed by atoms with Gasteiger partial charge in [-0.2, -0.15) is 0 Å². The number of halogens is 1. The molecule has 158 valence electrons. The van der Waals surface area contributed by atoms with Crippen LogP contribution in [0.4, 0.5) is 17.2 Å². The number of hydrogen-bond acceptors (Lipinski definition) is 6. The summed E-state index contributed by atoms with van der Waals surface area (Å²) < 4.78 is 0. The number of likely N-dealkylation sites (tertiary alicyclic amines) is 1. The SMILES string of the molecule is O=C1CCCN1CCC1CN(c2ncnc3c(Cl)cc([N+](=O)[O-])cc23)c2ccccc21. The average Bonchev–Trinajstić information content (AvgIpc) is 3.35. The van der Waals surface area contributed by atoms with Gasteiger partial charge in [0.1, 0.15) is 12.1 Å². The Balaban J connectivity index is 1.52. The van der Waals surface area contributed by atoms with Gasteiger partial charge in [0.25, 0.3) is 5.69 Å². The maximum Gasteiger partial charge on any atom is 0.271 e. The summed E-state index contributed by atoms with van der Waals surface area (Å²) in [6.07, 6.45) is 3.86. The highest BCUT2D eigenvalue weighted by Crippen LogP contribution is 2.44. The largest absolute Gasteiger partial charge is 0.343 e. The molecule has 1 atom stereocenters. The summed E-state index contributed by atoms with van der Waals surface area (Å²) >= 11 is 6.30. The summed E-state index contributed by atoms with van der Waals surface area (Å²) in [4.78, 5) is 35.7. The lowest BCUT2D eigenvalue weighted by atomic mass is 9.98. The van der Waals surface area contributed by atoms with Gasteiger partial charge in [-0.1, -0.05) is 29.8 Å². The zero-order chi connectivity index (χ0) is 21.5. The van der Waals surface area contributed by atoms with Gasteiger partial charge < -0.3 is 9.80 Å². The minimum absolute atomic E-state index is 0.0925. The number of nitro groups is 1. The first-order valence-electron chi connectivity index (χ1n) is 10.3. The summed E-state index contributed by atoms with van der Waals surface area (Å²) in [6.45, 7) is 2.23. The van der Waals surface area contributed by atoms with Crippen LogP contribution in [-0.4, -0.2) is 45.3 Å². The van der Waals surface area contributed by atoms with Gasteiger partial charge in [-0.15, -0.1) is 0 Å². The number of para-hydroxylation sites is 1. The van der Waals surface area contributed by atoms with E-state index in [1.165, 1.54) is 24.0 Å². The maximum atomic E-state index is 12.0. The molecule has 2 aliphatic rings. The standard InChI is InChI=1S/C22H20ClN5O3/c23-18-11-15(28(30)31)10-17-21(18)24-13-25-22(17)27-12-14(16-4-1-2-5-19(16)27)7-9-26-8-3-6-20(26)29/h1-2,4-5,10-11,13-14H,3,6-9,12H2. The van der Waals surface area contributed by atoms with Crippen LogP contribution in [0.15, 0.2) is 42.7 Å². The maximum absolute atomic E-state index is 12.0. The Morgan fingerprint density at radius 3 is 2.84 bits per heavy atom. The summed E-state index contributed by atoms with van der Waals surface area (Å²) in [5.74, 6) is 1.05. The van der Waals surface area contributed by atoms with Crippen LogP contribution in [0.25, 0.3) is 10.9 Å². The van der Waals surface area contributed by atoms with E-state index in [1.54, 1.807) is 0 Å². The Kier molecular flexibility index (Phi) is 4.94. The number of rotatable bonds is 5. The average molecular weight is 438 g/mol. The molecule has 0 N–H and O–H groups in total. The second kappa shape index (κ2) is 7.77. The van der Waals surface area contributed by atoms with E-state index in [9.17, 15) is 14.9 Å². The van der Waals surface area contributed by atoms with Crippen molar-refractivity contribution in [1.82, 2.24) is 14.9 Å². The number of nitrogens with zero attached hydrogens (tertiary/aromatic N) is 5. The van der Waals surface area contributed by atoms with Crippen molar-refractivity contribution in [3.8, 4) is 0 Å². The number of carbonyl (C=O) groups excluding carboxylic acids is 1. The van der Waals surface area contributed by atoms with Gasteiger partial charge in [0, 0.05) is 49.8 Å². The number of hydrogen-bond donors (Lipinski definition) is 0. The summed E-state index contributed by atoms with van der Waals surface area (Å²) in [7, 11) is 0. The van der Waals surface area contributed by atoms with Crippen molar-refractivity contribution >= 4 is 45.6 Å². The number of benzene rings is 2. The topological polar surface area (TPSA) is 92.5 Å². The monoisotopic (exact) mass is 437 g/mol. The highest BCUT2D eigenvalue weighted by molar-refractivity contribution is 6.35. The minimum atomic E-state index is -0.462. The molecule has 2 aliphatic heterocycles. The molecule has 0 radical (unpaired) electrons. The first-order valence-corrected chi connectivity index (χ1v) is 10.6. The predicted molar refractivity (Wildman–Crippen MR) is 118 cm³/mol. The van der Waals surface area contributed by atoms with E-state index < -0.39 is 4.92 Å². The van der Waals surface area contributed by atoms with Crippen LogP contribution in [0, 0.1) is 10.1 Å². The molecule has 2 aromatic carbocycles. The number of aromatic nitrogens is 2. The molecule has 3 heterocycles. The van der Waals surface area contributed by atoms with Gasteiger partial charge in [-0.3, -0.25) is 14.9 Å². The quantitative estimate of drug-likeness (QED) is 0.432. The van der Waals surface area contributed by atoms with Crippen molar-refractivity contribution < 1.29 is 9.72 Å². The van der Waals surface area contributed by atoms with Crippen molar-refractivity contribution in [2.45, 2.75) is 25.2 Å². The van der Waals surface area contributed by atoms with Crippen LogP contribution in [0.1, 0.15) is 30.7 Å². The van der Waals surface area contributed by atoms with Crippen LogP contribution in [0.2, 0.25) is 5.02 Å². The van der Waals surface area contributed by atoms with Gasteiger partial charge in [0.2, 0.25) is 5.91 Å². The van der Waals surface area contributed by atoms with Crippen molar-refractivity contribution in [2.24, 2.45) is 0 Å². The van der Waals surface area contributed by atoms with E-state index in [4.69, 9.17) is 11.6 Å². The fourth-order valence-corrected chi connectivity index (χ4v) is 4.88. The minimum Gasteiger partial charge on any atom is -0.343 e. The van der Waals surface area contributed by atoms with Crippen LogP contribution < -0.4 is 4.90 Å². The molecule has 3 aromatic rings. The normalized spacial score (nSPS) is 18.1. The van der Waals surface area contributed by atoms with Crippen LogP contribution in [0.3, 0.4) is 0 Å². The number of carbonyl (C=O) groups is 1. The lowest BCUT2D eigenvalue weighted by Crippen LogP contribution is -2.27. The second-order valence-electron chi connectivity index (χ2n) is 7.92. The summed E-state index contributed by atoms with van der Waals surface area (Å²) in [6, 6.07) is 10.9. The molecule has 8 nitrogen and oxygen atoms in total. The zero-order valence-electron chi connectivity index (χ0n) is 16.7. The Labute approximate surface area is 183 Å². The molecule has 0 bridgehead atoms. The third kappa shape index (κ3) is 3.46.